The Hall–Kier alpha value is -3.59. The zero-order chi connectivity index (χ0) is 17.8. The third kappa shape index (κ3) is 3.51. The molecular weight excluding hydrogens is 314 g/mol. The van der Waals surface area contributed by atoms with Crippen LogP contribution < -0.4 is 11.1 Å². The molecule has 0 aliphatic carbocycles. The number of furan rings is 1. The molecule has 0 aliphatic rings. The topological polar surface area (TPSA) is 101 Å². The molecule has 0 radical (unpaired) electrons. The van der Waals surface area contributed by atoms with E-state index in [1.54, 1.807) is 12.1 Å². The van der Waals surface area contributed by atoms with Crippen molar-refractivity contribution in [3.8, 4) is 17.5 Å². The van der Waals surface area contributed by atoms with Crippen molar-refractivity contribution in [3.63, 3.8) is 0 Å². The molecule has 25 heavy (non-hydrogen) atoms. The molecule has 0 saturated heterocycles. The number of hydrogen-bond acceptors (Lipinski definition) is 6. The maximum atomic E-state index is 9.52. The molecule has 0 bridgehead atoms. The number of benzene rings is 1. The lowest BCUT2D eigenvalue weighted by Gasteiger charge is -2.11. The molecule has 0 unspecified atom stereocenters. The second-order valence-corrected chi connectivity index (χ2v) is 5.57. The largest absolute Gasteiger partial charge is 0.463 e. The van der Waals surface area contributed by atoms with Gasteiger partial charge in [-0.15, -0.1) is 0 Å². The summed E-state index contributed by atoms with van der Waals surface area (Å²) in [5.74, 6) is 0.926. The minimum atomic E-state index is 0.0746. The van der Waals surface area contributed by atoms with E-state index in [2.05, 4.69) is 27.9 Å². The summed E-state index contributed by atoms with van der Waals surface area (Å²) in [5.41, 5.74) is 9.61. The lowest BCUT2D eigenvalue weighted by molar-refractivity contribution is 0.580. The number of aromatic nitrogens is 2. The van der Waals surface area contributed by atoms with Gasteiger partial charge in [-0.05, 0) is 30.2 Å². The van der Waals surface area contributed by atoms with Gasteiger partial charge in [-0.25, -0.2) is 4.98 Å². The summed E-state index contributed by atoms with van der Waals surface area (Å²) in [4.78, 5) is 8.29. The van der Waals surface area contributed by atoms with Crippen LogP contribution in [0.3, 0.4) is 0 Å². The van der Waals surface area contributed by atoms with Gasteiger partial charge in [0.05, 0.1) is 6.26 Å². The molecule has 6 nitrogen and oxygen atoms in total. The van der Waals surface area contributed by atoms with Crippen molar-refractivity contribution in [3.05, 3.63) is 65.9 Å². The smallest absolute Gasteiger partial charge is 0.222 e. The Morgan fingerprint density at radius 1 is 1.28 bits per heavy atom. The first-order valence-electron chi connectivity index (χ1n) is 7.68. The number of rotatable bonds is 5. The van der Waals surface area contributed by atoms with Crippen LogP contribution in [0.2, 0.25) is 0 Å². The molecule has 1 aromatic carbocycles. The van der Waals surface area contributed by atoms with Gasteiger partial charge in [0.25, 0.3) is 0 Å². The highest BCUT2D eigenvalue weighted by atomic mass is 16.3. The monoisotopic (exact) mass is 331 g/mol. The van der Waals surface area contributed by atoms with Crippen LogP contribution >= 0.6 is 0 Å². The summed E-state index contributed by atoms with van der Waals surface area (Å²) in [6.07, 6.45) is 1.52. The molecule has 0 aliphatic heterocycles. The molecule has 3 rings (SSSR count). The number of nitriles is 1. The van der Waals surface area contributed by atoms with Gasteiger partial charge >= 0.3 is 0 Å². The lowest BCUT2D eigenvalue weighted by atomic mass is 10.1. The van der Waals surface area contributed by atoms with E-state index in [0.717, 1.165) is 16.7 Å². The predicted octanol–water partition coefficient (Wildman–Crippen LogP) is 3.84. The summed E-state index contributed by atoms with van der Waals surface area (Å²) < 4.78 is 5.34. The Morgan fingerprint density at radius 2 is 2.04 bits per heavy atom. The second kappa shape index (κ2) is 6.89. The van der Waals surface area contributed by atoms with E-state index in [-0.39, 0.29) is 5.95 Å². The van der Waals surface area contributed by atoms with E-state index in [4.69, 9.17) is 10.2 Å². The molecule has 0 spiro atoms. The fourth-order valence-corrected chi connectivity index (χ4v) is 2.40. The number of nitrogens with two attached hydrogens (primary N) is 1. The first-order chi connectivity index (χ1) is 12.1. The molecule has 6 heteroatoms. The molecule has 0 fully saturated rings. The van der Waals surface area contributed by atoms with Crippen LogP contribution in [0.4, 0.5) is 11.8 Å². The fraction of sp³-hybridized carbons (Fsp3) is 0.105. The minimum Gasteiger partial charge on any atom is -0.463 e. The number of nitrogens with one attached hydrogen (secondary N) is 1. The van der Waals surface area contributed by atoms with Gasteiger partial charge < -0.3 is 15.5 Å². The molecule has 2 heterocycles. The zero-order valence-corrected chi connectivity index (χ0v) is 13.8. The SMILES string of the molecule is C=C(C)c1ccc(CNc2nc(N)nc(-c3ccco3)c2C#N)cc1. The number of nitrogen functional groups attached to an aromatic ring is 1. The quantitative estimate of drug-likeness (QED) is 0.736. The Kier molecular flexibility index (Phi) is 4.48. The van der Waals surface area contributed by atoms with Crippen molar-refractivity contribution in [2.24, 2.45) is 0 Å². The van der Waals surface area contributed by atoms with Crippen molar-refractivity contribution in [2.75, 3.05) is 11.1 Å². The van der Waals surface area contributed by atoms with Gasteiger partial charge in [0.1, 0.15) is 17.3 Å². The average molecular weight is 331 g/mol. The maximum Gasteiger partial charge on any atom is 0.222 e. The molecule has 0 atom stereocenters. The van der Waals surface area contributed by atoms with E-state index < -0.39 is 0 Å². The molecule has 3 aromatic rings. The van der Waals surface area contributed by atoms with Crippen LogP contribution in [-0.4, -0.2) is 9.97 Å². The van der Waals surface area contributed by atoms with Gasteiger partial charge in [-0.2, -0.15) is 10.2 Å². The Bertz CT molecular complexity index is 937. The third-order valence-corrected chi connectivity index (χ3v) is 3.70. The summed E-state index contributed by atoms with van der Waals surface area (Å²) in [6.45, 7) is 6.39. The van der Waals surface area contributed by atoms with Gasteiger partial charge in [0.2, 0.25) is 5.95 Å². The fourth-order valence-electron chi connectivity index (χ4n) is 2.40. The lowest BCUT2D eigenvalue weighted by Crippen LogP contribution is -2.08. The second-order valence-electron chi connectivity index (χ2n) is 5.57. The van der Waals surface area contributed by atoms with E-state index in [9.17, 15) is 5.26 Å². The molecule has 2 aromatic heterocycles. The summed E-state index contributed by atoms with van der Waals surface area (Å²) in [7, 11) is 0. The standard InChI is InChI=1S/C19H17N5O/c1-12(2)14-7-5-13(6-8-14)11-22-18-15(10-20)17(23-19(21)24-18)16-4-3-9-25-16/h3-9H,1,11H2,2H3,(H3,21,22,23,24). The number of allylic oxidation sites excluding steroid dienone is 1. The average Bonchev–Trinajstić information content (AvgIpc) is 3.14. The van der Waals surface area contributed by atoms with E-state index in [0.29, 0.717) is 29.4 Å². The molecule has 0 saturated carbocycles. The maximum absolute atomic E-state index is 9.52. The Balaban J connectivity index is 1.87. The normalized spacial score (nSPS) is 10.2. The highest BCUT2D eigenvalue weighted by molar-refractivity contribution is 5.71. The highest BCUT2D eigenvalue weighted by Gasteiger charge is 2.16. The predicted molar refractivity (Wildman–Crippen MR) is 97.3 cm³/mol. The van der Waals surface area contributed by atoms with Crippen LogP contribution in [0.1, 0.15) is 23.6 Å². The van der Waals surface area contributed by atoms with Crippen molar-refractivity contribution < 1.29 is 4.42 Å². The van der Waals surface area contributed by atoms with Crippen molar-refractivity contribution in [2.45, 2.75) is 13.5 Å². The zero-order valence-electron chi connectivity index (χ0n) is 13.8. The molecule has 124 valence electrons. The van der Waals surface area contributed by atoms with Gasteiger partial charge in [-0.1, -0.05) is 36.4 Å². The van der Waals surface area contributed by atoms with Crippen molar-refractivity contribution in [1.82, 2.24) is 9.97 Å². The Morgan fingerprint density at radius 3 is 2.64 bits per heavy atom. The van der Waals surface area contributed by atoms with Crippen LogP contribution in [0.15, 0.2) is 53.7 Å². The highest BCUT2D eigenvalue weighted by Crippen LogP contribution is 2.27. The summed E-state index contributed by atoms with van der Waals surface area (Å²) in [6, 6.07) is 13.6. The first kappa shape index (κ1) is 16.3. The van der Waals surface area contributed by atoms with Crippen LogP contribution in [-0.2, 0) is 6.54 Å². The summed E-state index contributed by atoms with van der Waals surface area (Å²) in [5, 5.41) is 12.7. The molecule has 3 N–H and O–H groups in total. The van der Waals surface area contributed by atoms with Gasteiger partial charge in [0, 0.05) is 6.54 Å². The minimum absolute atomic E-state index is 0.0746. The van der Waals surface area contributed by atoms with Gasteiger partial charge in [-0.3, -0.25) is 0 Å². The number of nitrogens with zero attached hydrogens (tertiary/aromatic N) is 3. The Labute approximate surface area is 145 Å². The van der Waals surface area contributed by atoms with Crippen molar-refractivity contribution in [1.29, 1.82) is 5.26 Å². The van der Waals surface area contributed by atoms with Crippen molar-refractivity contribution >= 4 is 17.3 Å². The summed E-state index contributed by atoms with van der Waals surface area (Å²) >= 11 is 0. The molecular formula is C19H17N5O. The van der Waals surface area contributed by atoms with E-state index in [1.165, 1.54) is 6.26 Å². The van der Waals surface area contributed by atoms with E-state index >= 15 is 0 Å². The van der Waals surface area contributed by atoms with E-state index in [1.807, 2.05) is 31.2 Å². The number of anilines is 2. The van der Waals surface area contributed by atoms with Gasteiger partial charge in [0.15, 0.2) is 11.6 Å². The third-order valence-electron chi connectivity index (χ3n) is 3.70. The number of hydrogen-bond donors (Lipinski definition) is 2. The van der Waals surface area contributed by atoms with Crippen LogP contribution in [0, 0.1) is 11.3 Å². The van der Waals surface area contributed by atoms with Crippen LogP contribution in [0.25, 0.3) is 17.0 Å². The first-order valence-corrected chi connectivity index (χ1v) is 7.68. The van der Waals surface area contributed by atoms with Crippen LogP contribution in [0.5, 0.6) is 0 Å². The molecule has 0 amide bonds.